The van der Waals surface area contributed by atoms with Crippen LogP contribution in [-0.4, -0.2) is 10.3 Å². The van der Waals surface area contributed by atoms with Gasteiger partial charge in [0, 0.05) is 11.4 Å². The summed E-state index contributed by atoms with van der Waals surface area (Å²) in [4.78, 5) is 9.57. The molecule has 27 heavy (non-hydrogen) atoms. The van der Waals surface area contributed by atoms with Crippen molar-refractivity contribution in [2.75, 3.05) is 10.6 Å². The van der Waals surface area contributed by atoms with Crippen LogP contribution >= 0.6 is 11.8 Å². The van der Waals surface area contributed by atoms with Crippen molar-refractivity contribution in [1.29, 1.82) is 0 Å². The monoisotopic (exact) mass is 372 g/mol. The molecule has 0 radical (unpaired) electrons. The largest absolute Gasteiger partial charge is 0.334 e. The Bertz CT molecular complexity index is 957. The highest BCUT2D eigenvalue weighted by Gasteiger charge is 2.15. The van der Waals surface area contributed by atoms with Crippen LogP contribution in [0.1, 0.15) is 11.1 Å². The minimum Gasteiger partial charge on any atom is -0.334 e. The van der Waals surface area contributed by atoms with Crippen molar-refractivity contribution in [3.8, 4) is 0 Å². The van der Waals surface area contributed by atoms with E-state index in [-0.39, 0.29) is 0 Å². The van der Waals surface area contributed by atoms with Gasteiger partial charge in [0.05, 0.1) is 11.4 Å². The number of anilines is 2. The number of aliphatic imine (C=N–C) groups is 2. The lowest BCUT2D eigenvalue weighted by atomic mass is 10.2. The molecule has 0 atom stereocenters. The van der Waals surface area contributed by atoms with E-state index in [0.717, 1.165) is 33.1 Å². The van der Waals surface area contributed by atoms with Gasteiger partial charge in [-0.25, -0.2) is 9.98 Å². The molecule has 0 unspecified atom stereocenters. The first-order chi connectivity index (χ1) is 13.2. The van der Waals surface area contributed by atoms with Gasteiger partial charge in [-0.2, -0.15) is 0 Å². The van der Waals surface area contributed by atoms with Crippen LogP contribution in [0.15, 0.2) is 82.8 Å². The molecule has 0 fully saturated rings. The molecule has 1 heterocycles. The van der Waals surface area contributed by atoms with Gasteiger partial charge in [-0.15, -0.1) is 0 Å². The van der Waals surface area contributed by atoms with E-state index in [2.05, 4.69) is 48.7 Å². The van der Waals surface area contributed by atoms with Crippen LogP contribution in [0.5, 0.6) is 0 Å². The maximum Gasteiger partial charge on any atom is 0.174 e. The summed E-state index contributed by atoms with van der Waals surface area (Å²) in [6.07, 6.45) is 0. The fourth-order valence-electron chi connectivity index (χ4n) is 2.81. The zero-order chi connectivity index (χ0) is 18.6. The van der Waals surface area contributed by atoms with Crippen molar-refractivity contribution in [2.45, 2.75) is 13.8 Å². The Balaban J connectivity index is 1.67. The van der Waals surface area contributed by atoms with Gasteiger partial charge in [-0.3, -0.25) is 0 Å². The summed E-state index contributed by atoms with van der Waals surface area (Å²) in [6.45, 7) is 4.16. The molecule has 1 aliphatic heterocycles. The molecule has 0 aromatic heterocycles. The topological polar surface area (TPSA) is 48.8 Å². The zero-order valence-corrected chi connectivity index (χ0v) is 16.0. The van der Waals surface area contributed by atoms with Gasteiger partial charge in [0.25, 0.3) is 0 Å². The Hall–Kier alpha value is -3.05. The molecule has 0 saturated heterocycles. The van der Waals surface area contributed by atoms with E-state index in [0.29, 0.717) is 0 Å². The number of para-hydroxylation sites is 2. The fraction of sp³-hybridized carbons (Fsp3) is 0.0909. The van der Waals surface area contributed by atoms with Gasteiger partial charge in [0.2, 0.25) is 0 Å². The molecule has 2 N–H and O–H groups in total. The third kappa shape index (κ3) is 4.38. The second-order valence-electron chi connectivity index (χ2n) is 6.41. The maximum atomic E-state index is 4.79. The van der Waals surface area contributed by atoms with Gasteiger partial charge in [-0.05, 0) is 73.1 Å². The number of fused-ring (bicyclic) bond motifs is 1. The highest BCUT2D eigenvalue weighted by molar-refractivity contribution is 8.27. The molecule has 0 spiro atoms. The summed E-state index contributed by atoms with van der Waals surface area (Å²) in [7, 11) is 0. The van der Waals surface area contributed by atoms with Crippen molar-refractivity contribution in [2.24, 2.45) is 9.98 Å². The van der Waals surface area contributed by atoms with Gasteiger partial charge in [-0.1, -0.05) is 36.4 Å². The summed E-state index contributed by atoms with van der Waals surface area (Å²) in [5.74, 6) is 0. The first-order valence-electron chi connectivity index (χ1n) is 8.77. The number of hydrogen-bond donors (Lipinski definition) is 2. The molecule has 0 bridgehead atoms. The first kappa shape index (κ1) is 17.4. The van der Waals surface area contributed by atoms with Crippen LogP contribution < -0.4 is 10.6 Å². The summed E-state index contributed by atoms with van der Waals surface area (Å²) in [5.41, 5.74) is 6.12. The molecule has 0 amide bonds. The SMILES string of the molecule is Cc1cccc(NC2=Nc3ccccc3N=C(Nc3cccc(C)c3)S2)c1. The van der Waals surface area contributed by atoms with Crippen LogP contribution in [-0.2, 0) is 0 Å². The molecule has 5 heteroatoms. The van der Waals surface area contributed by atoms with Crippen LogP contribution in [0.4, 0.5) is 22.7 Å². The number of thioether (sulfide) groups is 1. The lowest BCUT2D eigenvalue weighted by Crippen LogP contribution is -2.15. The summed E-state index contributed by atoms with van der Waals surface area (Å²) < 4.78 is 0. The van der Waals surface area contributed by atoms with E-state index in [1.165, 1.54) is 22.9 Å². The molecule has 0 aliphatic carbocycles. The van der Waals surface area contributed by atoms with E-state index >= 15 is 0 Å². The number of nitrogens with zero attached hydrogens (tertiary/aromatic N) is 2. The number of rotatable bonds is 2. The Morgan fingerprint density at radius 2 is 1.11 bits per heavy atom. The number of benzene rings is 3. The smallest absolute Gasteiger partial charge is 0.174 e. The summed E-state index contributed by atoms with van der Waals surface area (Å²) in [6, 6.07) is 24.4. The molecule has 3 aromatic carbocycles. The van der Waals surface area contributed by atoms with Gasteiger partial charge in [0.15, 0.2) is 10.3 Å². The van der Waals surface area contributed by atoms with Crippen LogP contribution in [0.2, 0.25) is 0 Å². The lowest BCUT2D eigenvalue weighted by Gasteiger charge is -2.11. The quantitative estimate of drug-likeness (QED) is 0.559. The fourth-order valence-corrected chi connectivity index (χ4v) is 3.62. The molecule has 4 rings (SSSR count). The molecule has 3 aromatic rings. The van der Waals surface area contributed by atoms with Crippen molar-refractivity contribution in [1.82, 2.24) is 0 Å². The average molecular weight is 372 g/mol. The van der Waals surface area contributed by atoms with Crippen molar-refractivity contribution < 1.29 is 0 Å². The van der Waals surface area contributed by atoms with Gasteiger partial charge < -0.3 is 10.6 Å². The van der Waals surface area contributed by atoms with Crippen molar-refractivity contribution in [3.63, 3.8) is 0 Å². The van der Waals surface area contributed by atoms with E-state index in [1.807, 2.05) is 48.5 Å². The Labute approximate surface area is 163 Å². The Morgan fingerprint density at radius 3 is 1.56 bits per heavy atom. The third-order valence-corrected chi connectivity index (χ3v) is 4.83. The predicted octanol–water partition coefficient (Wildman–Crippen LogP) is 6.25. The molecular formula is C22H20N4S. The highest BCUT2D eigenvalue weighted by atomic mass is 32.2. The van der Waals surface area contributed by atoms with Crippen LogP contribution in [0.3, 0.4) is 0 Å². The molecule has 0 saturated carbocycles. The average Bonchev–Trinajstić information content (AvgIpc) is 2.80. The Morgan fingerprint density at radius 1 is 0.630 bits per heavy atom. The molecule has 4 nitrogen and oxygen atoms in total. The second kappa shape index (κ2) is 7.68. The maximum absolute atomic E-state index is 4.79. The Kier molecular flexibility index (Phi) is 4.94. The molecule has 134 valence electrons. The number of hydrogen-bond acceptors (Lipinski definition) is 5. The van der Waals surface area contributed by atoms with Crippen molar-refractivity contribution >= 4 is 44.8 Å². The highest BCUT2D eigenvalue weighted by Crippen LogP contribution is 2.33. The second-order valence-corrected chi connectivity index (χ2v) is 7.39. The molecular weight excluding hydrogens is 352 g/mol. The summed E-state index contributed by atoms with van der Waals surface area (Å²) in [5, 5.41) is 8.41. The normalized spacial score (nSPS) is 13.1. The molecule has 1 aliphatic rings. The standard InChI is InChI=1S/C22H20N4S/c1-15-7-5-9-17(13-15)23-21-25-19-11-3-4-12-20(19)26-22(27-21)24-18-10-6-8-16(2)14-18/h3-14H,1-2H3,(H,23,25)(H,24,26). The lowest BCUT2D eigenvalue weighted by molar-refractivity contribution is 1.44. The zero-order valence-electron chi connectivity index (χ0n) is 15.2. The van der Waals surface area contributed by atoms with E-state index in [9.17, 15) is 0 Å². The van der Waals surface area contributed by atoms with E-state index in [4.69, 9.17) is 9.98 Å². The van der Waals surface area contributed by atoms with Crippen LogP contribution in [0, 0.1) is 13.8 Å². The van der Waals surface area contributed by atoms with E-state index in [1.54, 1.807) is 0 Å². The number of amidine groups is 2. The minimum atomic E-state index is 0.782. The van der Waals surface area contributed by atoms with Gasteiger partial charge >= 0.3 is 0 Å². The van der Waals surface area contributed by atoms with Gasteiger partial charge in [0.1, 0.15) is 0 Å². The first-order valence-corrected chi connectivity index (χ1v) is 9.59. The minimum absolute atomic E-state index is 0.782. The third-order valence-electron chi connectivity index (χ3n) is 4.06. The number of nitrogens with one attached hydrogen (secondary N) is 2. The summed E-state index contributed by atoms with van der Waals surface area (Å²) >= 11 is 1.49. The van der Waals surface area contributed by atoms with E-state index < -0.39 is 0 Å². The number of aryl methyl sites for hydroxylation is 2. The van der Waals surface area contributed by atoms with Crippen LogP contribution in [0.25, 0.3) is 0 Å². The van der Waals surface area contributed by atoms with Crippen molar-refractivity contribution in [3.05, 3.63) is 83.9 Å². The predicted molar refractivity (Wildman–Crippen MR) is 118 cm³/mol.